The zero-order chi connectivity index (χ0) is 18.3. The predicted octanol–water partition coefficient (Wildman–Crippen LogP) is 6.72. The molecule has 2 N–H and O–H groups in total. The van der Waals surface area contributed by atoms with Crippen molar-refractivity contribution in [3.05, 3.63) is 29.3 Å². The van der Waals surface area contributed by atoms with Gasteiger partial charge in [0.2, 0.25) is 0 Å². The number of benzene rings is 1. The normalized spacial score (nSPS) is 10.9. The fraction of sp³-hybridized carbons (Fsp3) is 0.682. The van der Waals surface area contributed by atoms with Gasteiger partial charge < -0.3 is 10.2 Å². The Labute approximate surface area is 153 Å². The van der Waals surface area contributed by atoms with E-state index in [4.69, 9.17) is 0 Å². The van der Waals surface area contributed by atoms with E-state index in [9.17, 15) is 15.0 Å². The summed E-state index contributed by atoms with van der Waals surface area (Å²) in [7, 11) is 0. The highest BCUT2D eigenvalue weighted by molar-refractivity contribution is 5.89. The van der Waals surface area contributed by atoms with Gasteiger partial charge >= 0.3 is 5.97 Å². The van der Waals surface area contributed by atoms with Crippen LogP contribution in [0.4, 0.5) is 0 Å². The van der Waals surface area contributed by atoms with Gasteiger partial charge in [-0.3, -0.25) is 0 Å². The van der Waals surface area contributed by atoms with Crippen LogP contribution in [0.15, 0.2) is 18.2 Å². The van der Waals surface area contributed by atoms with Crippen LogP contribution in [0.1, 0.15) is 106 Å². The van der Waals surface area contributed by atoms with Crippen LogP contribution in [0.2, 0.25) is 0 Å². The van der Waals surface area contributed by atoms with E-state index >= 15 is 0 Å². The highest BCUT2D eigenvalue weighted by atomic mass is 16.4. The van der Waals surface area contributed by atoms with E-state index < -0.39 is 5.97 Å². The average molecular weight is 349 g/mol. The lowest BCUT2D eigenvalue weighted by Crippen LogP contribution is -2.02. The molecule has 1 rings (SSSR count). The van der Waals surface area contributed by atoms with E-state index in [0.29, 0.717) is 5.56 Å². The first-order valence-corrected chi connectivity index (χ1v) is 10.2. The van der Waals surface area contributed by atoms with Crippen LogP contribution in [-0.4, -0.2) is 16.2 Å². The van der Waals surface area contributed by atoms with E-state index in [1.807, 2.05) is 0 Å². The summed E-state index contributed by atoms with van der Waals surface area (Å²) in [5, 5.41) is 18.7. The molecule has 0 atom stereocenters. The molecule has 0 bridgehead atoms. The van der Waals surface area contributed by atoms with Gasteiger partial charge in [0.05, 0.1) is 5.56 Å². The number of phenolic OH excluding ortho intramolecular Hbond substituents is 1. The Bertz CT molecular complexity index is 482. The maximum absolute atomic E-state index is 11.2. The molecule has 142 valence electrons. The zero-order valence-electron chi connectivity index (χ0n) is 15.9. The van der Waals surface area contributed by atoms with Crippen molar-refractivity contribution < 1.29 is 15.0 Å². The minimum absolute atomic E-state index is 0.148. The van der Waals surface area contributed by atoms with Gasteiger partial charge in [-0.1, -0.05) is 84.0 Å². The minimum Gasteiger partial charge on any atom is -0.508 e. The van der Waals surface area contributed by atoms with Gasteiger partial charge in [0.1, 0.15) is 5.75 Å². The number of carbonyl (C=O) groups is 1. The summed E-state index contributed by atoms with van der Waals surface area (Å²) < 4.78 is 0. The van der Waals surface area contributed by atoms with Gasteiger partial charge in [-0.15, -0.1) is 0 Å². The van der Waals surface area contributed by atoms with E-state index in [-0.39, 0.29) is 5.75 Å². The second kappa shape index (κ2) is 13.7. The van der Waals surface area contributed by atoms with Gasteiger partial charge in [0.15, 0.2) is 0 Å². The van der Waals surface area contributed by atoms with Crippen molar-refractivity contribution in [2.45, 2.75) is 96.8 Å². The van der Waals surface area contributed by atoms with Crippen LogP contribution in [0.3, 0.4) is 0 Å². The van der Waals surface area contributed by atoms with Crippen molar-refractivity contribution in [3.63, 3.8) is 0 Å². The molecule has 1 aromatic carbocycles. The summed E-state index contributed by atoms with van der Waals surface area (Å²) in [5.74, 6) is -0.764. The van der Waals surface area contributed by atoms with Crippen molar-refractivity contribution in [1.29, 1.82) is 0 Å². The molecule has 1 aromatic rings. The van der Waals surface area contributed by atoms with Crippen molar-refractivity contribution >= 4 is 5.97 Å². The van der Waals surface area contributed by atoms with Gasteiger partial charge in [0.25, 0.3) is 0 Å². The van der Waals surface area contributed by atoms with E-state index in [1.54, 1.807) is 6.07 Å². The highest BCUT2D eigenvalue weighted by Gasteiger charge is 2.10. The molecule has 0 radical (unpaired) electrons. The second-order valence-electron chi connectivity index (χ2n) is 7.14. The lowest BCUT2D eigenvalue weighted by atomic mass is 9.99. The number of phenols is 1. The molecule has 0 saturated carbocycles. The molecule has 0 aromatic heterocycles. The Morgan fingerprint density at radius 2 is 1.28 bits per heavy atom. The molecule has 3 heteroatoms. The number of aromatic hydroxyl groups is 1. The van der Waals surface area contributed by atoms with Crippen LogP contribution >= 0.6 is 0 Å². The molecule has 0 spiro atoms. The summed E-state index contributed by atoms with van der Waals surface area (Å²) in [6, 6.07) is 4.52. The lowest BCUT2D eigenvalue weighted by molar-refractivity contribution is 0.0695. The first-order chi connectivity index (χ1) is 12.1. The SMILES string of the molecule is CCCCCCCCCCCCCCCc1cc(O)ccc1C(=O)O. The first kappa shape index (κ1) is 21.5. The maximum Gasteiger partial charge on any atom is 0.335 e. The van der Waals surface area contributed by atoms with Crippen LogP contribution in [0.25, 0.3) is 0 Å². The summed E-state index contributed by atoms with van der Waals surface area (Å²) >= 11 is 0. The summed E-state index contributed by atoms with van der Waals surface area (Å²) in [5.41, 5.74) is 1.06. The summed E-state index contributed by atoms with van der Waals surface area (Å²) in [6.45, 7) is 2.26. The standard InChI is InChI=1S/C22H36O3/c1-2-3-4-5-6-7-8-9-10-11-12-13-14-15-19-18-20(23)16-17-21(19)22(24)25/h16-18,23H,2-15H2,1H3,(H,24,25). The van der Waals surface area contributed by atoms with Gasteiger partial charge in [-0.25, -0.2) is 4.79 Å². The van der Waals surface area contributed by atoms with Gasteiger partial charge in [0, 0.05) is 0 Å². The number of unbranched alkanes of at least 4 members (excludes halogenated alkanes) is 12. The highest BCUT2D eigenvalue weighted by Crippen LogP contribution is 2.20. The molecule has 0 fully saturated rings. The number of aromatic carboxylic acids is 1. The third kappa shape index (κ3) is 10.2. The second-order valence-corrected chi connectivity index (χ2v) is 7.14. The number of hydrogen-bond acceptors (Lipinski definition) is 2. The van der Waals surface area contributed by atoms with Crippen molar-refractivity contribution in [3.8, 4) is 5.75 Å². The van der Waals surface area contributed by atoms with Crippen molar-refractivity contribution in [2.75, 3.05) is 0 Å². The molecule has 0 amide bonds. The molecule has 0 aliphatic rings. The van der Waals surface area contributed by atoms with Gasteiger partial charge in [-0.2, -0.15) is 0 Å². The summed E-state index contributed by atoms with van der Waals surface area (Å²) in [4.78, 5) is 11.2. The molecule has 25 heavy (non-hydrogen) atoms. The molecule has 3 nitrogen and oxygen atoms in total. The topological polar surface area (TPSA) is 57.5 Å². The third-order valence-corrected chi connectivity index (χ3v) is 4.87. The number of carboxylic acid groups (broad SMARTS) is 1. The van der Waals surface area contributed by atoms with Crippen molar-refractivity contribution in [2.24, 2.45) is 0 Å². The fourth-order valence-electron chi connectivity index (χ4n) is 3.33. The Hall–Kier alpha value is -1.51. The Kier molecular flexibility index (Phi) is 11.8. The molecule has 0 saturated heterocycles. The Balaban J connectivity index is 2.01. The number of aryl methyl sites for hydroxylation is 1. The van der Waals surface area contributed by atoms with Crippen LogP contribution < -0.4 is 0 Å². The largest absolute Gasteiger partial charge is 0.508 e. The smallest absolute Gasteiger partial charge is 0.335 e. The van der Waals surface area contributed by atoms with Crippen LogP contribution in [0, 0.1) is 0 Å². The summed E-state index contributed by atoms with van der Waals surface area (Å²) in [6.07, 6.45) is 17.7. The van der Waals surface area contributed by atoms with Crippen molar-refractivity contribution in [1.82, 2.24) is 0 Å². The molecule has 0 aliphatic heterocycles. The molecular weight excluding hydrogens is 312 g/mol. The van der Waals surface area contributed by atoms with E-state index in [1.165, 1.54) is 82.8 Å². The van der Waals surface area contributed by atoms with Gasteiger partial charge in [-0.05, 0) is 36.6 Å². The van der Waals surface area contributed by atoms with Crippen LogP contribution in [0.5, 0.6) is 5.75 Å². The zero-order valence-corrected chi connectivity index (χ0v) is 15.9. The molecule has 0 heterocycles. The first-order valence-electron chi connectivity index (χ1n) is 10.2. The van der Waals surface area contributed by atoms with E-state index in [2.05, 4.69) is 6.92 Å². The number of hydrogen-bond donors (Lipinski definition) is 2. The fourth-order valence-corrected chi connectivity index (χ4v) is 3.33. The third-order valence-electron chi connectivity index (χ3n) is 4.87. The predicted molar refractivity (Wildman–Crippen MR) is 104 cm³/mol. The monoisotopic (exact) mass is 348 g/mol. The quantitative estimate of drug-likeness (QED) is 0.346. The molecule has 0 aliphatic carbocycles. The lowest BCUT2D eigenvalue weighted by Gasteiger charge is -2.07. The average Bonchev–Trinajstić information content (AvgIpc) is 2.58. The molecule has 0 unspecified atom stereocenters. The minimum atomic E-state index is -0.912. The van der Waals surface area contributed by atoms with Crippen LogP contribution in [-0.2, 0) is 6.42 Å². The van der Waals surface area contributed by atoms with E-state index in [0.717, 1.165) is 24.8 Å². The Morgan fingerprint density at radius 3 is 1.76 bits per heavy atom. The molecular formula is C22H36O3. The Morgan fingerprint density at radius 1 is 0.800 bits per heavy atom. The number of carboxylic acids is 1. The maximum atomic E-state index is 11.2. The number of rotatable bonds is 15.